The molecule has 3 rings (SSSR count). The molecule has 0 radical (unpaired) electrons. The molecule has 1 saturated heterocycles. The Morgan fingerprint density at radius 2 is 1.89 bits per heavy atom. The molecule has 1 aliphatic heterocycles. The van der Waals surface area contributed by atoms with Crippen LogP contribution in [-0.2, 0) is 21.2 Å². The summed E-state index contributed by atoms with van der Waals surface area (Å²) in [5, 5.41) is 5.25. The fourth-order valence-electron chi connectivity index (χ4n) is 3.09. The number of aromatic nitrogens is 2. The Morgan fingerprint density at radius 3 is 2.56 bits per heavy atom. The van der Waals surface area contributed by atoms with E-state index in [1.54, 1.807) is 11.0 Å². The molecule has 0 atom stereocenters. The molecule has 0 N–H and O–H groups in total. The Labute approximate surface area is 164 Å². The van der Waals surface area contributed by atoms with Gasteiger partial charge in [-0.3, -0.25) is 9.48 Å². The topological polar surface area (TPSA) is 72.3 Å². The molecule has 0 aliphatic carbocycles. The summed E-state index contributed by atoms with van der Waals surface area (Å²) in [6.45, 7) is 4.89. The van der Waals surface area contributed by atoms with E-state index < -0.39 is 9.84 Å². The Morgan fingerprint density at radius 1 is 1.22 bits per heavy atom. The molecule has 0 bridgehead atoms. The van der Waals surface area contributed by atoms with Crippen molar-refractivity contribution in [3.8, 4) is 0 Å². The third-order valence-corrected chi connectivity index (χ3v) is 6.74. The lowest BCUT2D eigenvalue weighted by molar-refractivity contribution is -0.125. The molecule has 144 valence electrons. The van der Waals surface area contributed by atoms with Crippen LogP contribution in [0, 0.1) is 13.8 Å². The lowest BCUT2D eigenvalue weighted by Crippen LogP contribution is -2.43. The predicted octanol–water partition coefficient (Wildman–Crippen LogP) is 2.47. The minimum absolute atomic E-state index is 0.0282. The van der Waals surface area contributed by atoms with Crippen molar-refractivity contribution in [1.29, 1.82) is 0 Å². The lowest BCUT2D eigenvalue weighted by Gasteiger charge is -2.25. The van der Waals surface area contributed by atoms with Crippen molar-refractivity contribution in [3.05, 3.63) is 57.9 Å². The highest BCUT2D eigenvalue weighted by Gasteiger charge is 2.23. The van der Waals surface area contributed by atoms with Crippen molar-refractivity contribution in [3.63, 3.8) is 0 Å². The number of halogens is 1. The summed E-state index contributed by atoms with van der Waals surface area (Å²) in [4.78, 5) is 13.9. The van der Waals surface area contributed by atoms with Crippen molar-refractivity contribution in [2.75, 3.05) is 24.6 Å². The molecule has 2 aromatic rings. The largest absolute Gasteiger partial charge is 0.337 e. The van der Waals surface area contributed by atoms with Gasteiger partial charge in [0.15, 0.2) is 9.84 Å². The second-order valence-corrected chi connectivity index (χ2v) is 9.35. The van der Waals surface area contributed by atoms with Crippen LogP contribution in [0.3, 0.4) is 0 Å². The molecule has 1 amide bonds. The summed E-state index contributed by atoms with van der Waals surface area (Å²) in [6, 6.07) is 7.63. The van der Waals surface area contributed by atoms with E-state index in [1.165, 1.54) is 6.08 Å². The van der Waals surface area contributed by atoms with E-state index in [2.05, 4.69) is 5.10 Å². The van der Waals surface area contributed by atoms with Crippen LogP contribution in [0.1, 0.15) is 22.5 Å². The monoisotopic (exact) mass is 407 g/mol. The fraction of sp³-hybridized carbons (Fsp3) is 0.368. The second kappa shape index (κ2) is 7.86. The second-order valence-electron chi connectivity index (χ2n) is 6.64. The van der Waals surface area contributed by atoms with Crippen molar-refractivity contribution in [2.45, 2.75) is 20.4 Å². The zero-order valence-electron chi connectivity index (χ0n) is 15.4. The van der Waals surface area contributed by atoms with Gasteiger partial charge >= 0.3 is 0 Å². The molecule has 0 saturated carbocycles. The van der Waals surface area contributed by atoms with Crippen molar-refractivity contribution in [2.24, 2.45) is 0 Å². The first-order chi connectivity index (χ1) is 12.8. The lowest BCUT2D eigenvalue weighted by atomic mass is 10.1. The zero-order valence-corrected chi connectivity index (χ0v) is 16.9. The number of rotatable bonds is 4. The third-order valence-electron chi connectivity index (χ3n) is 4.76. The Bertz CT molecular complexity index is 982. The highest BCUT2D eigenvalue weighted by atomic mass is 35.5. The van der Waals surface area contributed by atoms with Gasteiger partial charge in [0.25, 0.3) is 0 Å². The van der Waals surface area contributed by atoms with Gasteiger partial charge in [-0.05, 0) is 31.6 Å². The summed E-state index contributed by atoms with van der Waals surface area (Å²) in [6.07, 6.45) is 3.25. The van der Waals surface area contributed by atoms with E-state index in [0.29, 0.717) is 11.6 Å². The SMILES string of the molecule is Cc1nn(Cc2ccccc2Cl)c(C)c1/C=C/C(=O)N1CCS(=O)(=O)CC1. The number of sulfone groups is 1. The summed E-state index contributed by atoms with van der Waals surface area (Å²) >= 11 is 6.23. The quantitative estimate of drug-likeness (QED) is 0.730. The number of carbonyl (C=O) groups excluding carboxylic acids is 1. The number of amides is 1. The minimum atomic E-state index is -3.00. The van der Waals surface area contributed by atoms with Gasteiger partial charge < -0.3 is 4.90 Å². The Hall–Kier alpha value is -2.12. The van der Waals surface area contributed by atoms with Gasteiger partial charge in [0, 0.05) is 35.4 Å². The molecular formula is C19H22ClN3O3S. The molecule has 1 aromatic carbocycles. The molecule has 2 heterocycles. The van der Waals surface area contributed by atoms with E-state index in [0.717, 1.165) is 22.5 Å². The summed E-state index contributed by atoms with van der Waals surface area (Å²) < 4.78 is 24.8. The molecule has 1 aliphatic rings. The molecule has 6 nitrogen and oxygen atoms in total. The highest BCUT2D eigenvalue weighted by molar-refractivity contribution is 7.91. The van der Waals surface area contributed by atoms with Gasteiger partial charge in [0.1, 0.15) is 0 Å². The minimum Gasteiger partial charge on any atom is -0.337 e. The summed E-state index contributed by atoms with van der Waals surface area (Å²) in [5.41, 5.74) is 3.63. The average molecular weight is 408 g/mol. The van der Waals surface area contributed by atoms with E-state index in [9.17, 15) is 13.2 Å². The summed E-state index contributed by atoms with van der Waals surface area (Å²) in [7, 11) is -3.00. The highest BCUT2D eigenvalue weighted by Crippen LogP contribution is 2.20. The zero-order chi connectivity index (χ0) is 19.6. The molecule has 0 spiro atoms. The molecular weight excluding hydrogens is 386 g/mol. The van der Waals surface area contributed by atoms with Crippen molar-refractivity contribution in [1.82, 2.24) is 14.7 Å². The smallest absolute Gasteiger partial charge is 0.246 e. The molecule has 1 aromatic heterocycles. The van der Waals surface area contributed by atoms with Gasteiger partial charge in [-0.1, -0.05) is 29.8 Å². The number of aryl methyl sites for hydroxylation is 1. The van der Waals surface area contributed by atoms with E-state index in [1.807, 2.05) is 42.8 Å². The van der Waals surface area contributed by atoms with Crippen LogP contribution in [0.15, 0.2) is 30.3 Å². The van der Waals surface area contributed by atoms with Crippen molar-refractivity contribution >= 4 is 33.4 Å². The Balaban J connectivity index is 1.74. The predicted molar refractivity (Wildman–Crippen MR) is 107 cm³/mol. The summed E-state index contributed by atoms with van der Waals surface area (Å²) in [5.74, 6) is -0.122. The first-order valence-electron chi connectivity index (χ1n) is 8.71. The van der Waals surface area contributed by atoms with E-state index in [-0.39, 0.29) is 30.5 Å². The number of benzene rings is 1. The third kappa shape index (κ3) is 4.59. The van der Waals surface area contributed by atoms with Gasteiger partial charge in [0.05, 0.1) is 23.7 Å². The normalized spacial score (nSPS) is 16.8. The van der Waals surface area contributed by atoms with Crippen LogP contribution in [0.5, 0.6) is 0 Å². The van der Waals surface area contributed by atoms with Crippen LogP contribution in [0.2, 0.25) is 5.02 Å². The number of nitrogens with zero attached hydrogens (tertiary/aromatic N) is 3. The maximum absolute atomic E-state index is 12.3. The van der Waals surface area contributed by atoms with Crippen LogP contribution >= 0.6 is 11.6 Å². The molecule has 0 unspecified atom stereocenters. The molecule has 27 heavy (non-hydrogen) atoms. The average Bonchev–Trinajstić information content (AvgIpc) is 2.88. The van der Waals surface area contributed by atoms with Crippen LogP contribution in [-0.4, -0.2) is 53.6 Å². The van der Waals surface area contributed by atoms with Gasteiger partial charge in [0.2, 0.25) is 5.91 Å². The standard InChI is InChI=1S/C19H22ClN3O3S/c1-14-17(7-8-19(24)22-9-11-27(25,26)12-10-22)15(2)23(21-14)13-16-5-3-4-6-18(16)20/h3-8H,9-13H2,1-2H3/b8-7+. The van der Waals surface area contributed by atoms with Crippen molar-refractivity contribution < 1.29 is 13.2 Å². The Kier molecular flexibility index (Phi) is 5.72. The number of hydrogen-bond donors (Lipinski definition) is 0. The van der Waals surface area contributed by atoms with Crippen LogP contribution in [0.25, 0.3) is 6.08 Å². The van der Waals surface area contributed by atoms with Crippen LogP contribution in [0.4, 0.5) is 0 Å². The van der Waals surface area contributed by atoms with Gasteiger partial charge in [-0.2, -0.15) is 5.10 Å². The number of hydrogen-bond acceptors (Lipinski definition) is 4. The van der Waals surface area contributed by atoms with Crippen LogP contribution < -0.4 is 0 Å². The van der Waals surface area contributed by atoms with Gasteiger partial charge in [-0.15, -0.1) is 0 Å². The first-order valence-corrected chi connectivity index (χ1v) is 10.9. The first kappa shape index (κ1) is 19.6. The maximum Gasteiger partial charge on any atom is 0.246 e. The fourth-order valence-corrected chi connectivity index (χ4v) is 4.48. The maximum atomic E-state index is 12.3. The van der Waals surface area contributed by atoms with E-state index in [4.69, 9.17) is 11.6 Å². The molecule has 8 heteroatoms. The van der Waals surface area contributed by atoms with E-state index >= 15 is 0 Å². The molecule has 1 fully saturated rings. The van der Waals surface area contributed by atoms with Gasteiger partial charge in [-0.25, -0.2) is 8.42 Å². The number of carbonyl (C=O) groups is 1.